The monoisotopic (exact) mass is 476 g/mol. The molecule has 0 saturated heterocycles. The summed E-state index contributed by atoms with van der Waals surface area (Å²) in [5.74, 6) is 0.716. The van der Waals surface area contributed by atoms with Gasteiger partial charge in [-0.2, -0.15) is 0 Å². The van der Waals surface area contributed by atoms with Crippen molar-refractivity contribution in [1.82, 2.24) is 14.8 Å². The second kappa shape index (κ2) is 10.3. The highest BCUT2D eigenvalue weighted by Gasteiger charge is 2.52. The van der Waals surface area contributed by atoms with E-state index < -0.39 is 5.41 Å². The van der Waals surface area contributed by atoms with Gasteiger partial charge in [0.1, 0.15) is 0 Å². The maximum atomic E-state index is 13.5. The summed E-state index contributed by atoms with van der Waals surface area (Å²) < 4.78 is 5.78. The van der Waals surface area contributed by atoms with Gasteiger partial charge in [-0.1, -0.05) is 6.07 Å². The lowest BCUT2D eigenvalue weighted by Gasteiger charge is -2.36. The molecule has 0 radical (unpaired) electrons. The van der Waals surface area contributed by atoms with Crippen LogP contribution in [0.15, 0.2) is 47.2 Å². The van der Waals surface area contributed by atoms with E-state index in [2.05, 4.69) is 27.7 Å². The summed E-state index contributed by atoms with van der Waals surface area (Å²) in [6.45, 7) is 7.38. The SMILES string of the molecule is C=Nc1ccc(-c2ccc(OCCCN(C)C)nc2)cc1C1=C(C)N(C)C(=O)C12CCC(O)CC2. The number of pyridine rings is 1. The second-order valence-corrected chi connectivity index (χ2v) is 9.92. The fourth-order valence-corrected chi connectivity index (χ4v) is 5.35. The Morgan fingerprint density at radius 1 is 1.23 bits per heavy atom. The van der Waals surface area contributed by atoms with Crippen molar-refractivity contribution >= 4 is 23.9 Å². The Morgan fingerprint density at radius 2 is 1.94 bits per heavy atom. The van der Waals surface area contributed by atoms with Crippen LogP contribution < -0.4 is 4.74 Å². The molecular weight excluding hydrogens is 440 g/mol. The lowest BCUT2D eigenvalue weighted by molar-refractivity contribution is -0.136. The summed E-state index contributed by atoms with van der Waals surface area (Å²) >= 11 is 0. The van der Waals surface area contributed by atoms with Gasteiger partial charge < -0.3 is 19.6 Å². The molecule has 1 N–H and O–H groups in total. The van der Waals surface area contributed by atoms with Crippen molar-refractivity contribution < 1.29 is 14.6 Å². The molecule has 1 aliphatic heterocycles. The lowest BCUT2D eigenvalue weighted by atomic mass is 9.66. The zero-order chi connectivity index (χ0) is 25.2. The van der Waals surface area contributed by atoms with Gasteiger partial charge in [0.2, 0.25) is 11.8 Å². The van der Waals surface area contributed by atoms with Crippen LogP contribution in [0.1, 0.15) is 44.6 Å². The summed E-state index contributed by atoms with van der Waals surface area (Å²) in [6.07, 6.45) is 4.91. The third-order valence-corrected chi connectivity index (χ3v) is 7.37. The molecule has 0 bridgehead atoms. The number of nitrogens with zero attached hydrogens (tertiary/aromatic N) is 4. The Morgan fingerprint density at radius 3 is 2.57 bits per heavy atom. The van der Waals surface area contributed by atoms with Crippen molar-refractivity contribution in [1.29, 1.82) is 0 Å². The van der Waals surface area contributed by atoms with E-state index in [1.165, 1.54) is 0 Å². The molecule has 1 saturated carbocycles. The average molecular weight is 477 g/mol. The normalized spacial score (nSPS) is 22.4. The number of benzene rings is 1. The number of allylic oxidation sites excluding steroid dienone is 1. The Kier molecular flexibility index (Phi) is 7.38. The smallest absolute Gasteiger partial charge is 0.237 e. The van der Waals surface area contributed by atoms with Crippen molar-refractivity contribution in [2.45, 2.75) is 45.1 Å². The number of carbonyl (C=O) groups is 1. The Balaban J connectivity index is 1.65. The number of ether oxygens (including phenoxy) is 1. The van der Waals surface area contributed by atoms with Crippen LogP contribution in [0.5, 0.6) is 5.88 Å². The van der Waals surface area contributed by atoms with Crippen LogP contribution in [-0.2, 0) is 4.79 Å². The maximum Gasteiger partial charge on any atom is 0.237 e. The first-order valence-corrected chi connectivity index (χ1v) is 12.3. The van der Waals surface area contributed by atoms with E-state index in [1.807, 2.05) is 58.5 Å². The maximum absolute atomic E-state index is 13.5. The molecule has 7 heteroatoms. The van der Waals surface area contributed by atoms with Crippen LogP contribution in [0.4, 0.5) is 5.69 Å². The van der Waals surface area contributed by atoms with Crippen molar-refractivity contribution in [3.63, 3.8) is 0 Å². The molecule has 2 aliphatic rings. The van der Waals surface area contributed by atoms with Crippen molar-refractivity contribution in [2.75, 3.05) is 34.3 Å². The first-order chi connectivity index (χ1) is 16.8. The molecule has 1 spiro atoms. The molecule has 1 fully saturated rings. The zero-order valence-electron chi connectivity index (χ0n) is 21.3. The van der Waals surface area contributed by atoms with Gasteiger partial charge >= 0.3 is 0 Å². The van der Waals surface area contributed by atoms with E-state index in [1.54, 1.807) is 4.90 Å². The summed E-state index contributed by atoms with van der Waals surface area (Å²) in [4.78, 5) is 26.1. The van der Waals surface area contributed by atoms with Crippen LogP contribution in [-0.4, -0.2) is 72.9 Å². The Hall–Kier alpha value is -3.03. The summed E-state index contributed by atoms with van der Waals surface area (Å²) in [7, 11) is 5.93. The second-order valence-electron chi connectivity index (χ2n) is 9.92. The number of aliphatic hydroxyl groups is 1. The fourth-order valence-electron chi connectivity index (χ4n) is 5.35. The predicted molar refractivity (Wildman–Crippen MR) is 140 cm³/mol. The molecule has 2 aromatic rings. The van der Waals surface area contributed by atoms with Crippen molar-refractivity contribution in [2.24, 2.45) is 10.4 Å². The number of rotatable bonds is 8. The number of amides is 1. The minimum atomic E-state index is -0.626. The van der Waals surface area contributed by atoms with Crippen LogP contribution in [0, 0.1) is 5.41 Å². The van der Waals surface area contributed by atoms with Gasteiger partial charge in [-0.25, -0.2) is 4.98 Å². The Bertz CT molecular complexity index is 1120. The van der Waals surface area contributed by atoms with Gasteiger partial charge in [-0.15, -0.1) is 0 Å². The minimum absolute atomic E-state index is 0.106. The van der Waals surface area contributed by atoms with Gasteiger partial charge in [-0.3, -0.25) is 9.79 Å². The summed E-state index contributed by atoms with van der Waals surface area (Å²) in [6, 6.07) is 9.96. The largest absolute Gasteiger partial charge is 0.478 e. The quantitative estimate of drug-likeness (QED) is 0.447. The fraction of sp³-hybridized carbons (Fsp3) is 0.464. The minimum Gasteiger partial charge on any atom is -0.478 e. The molecule has 1 amide bonds. The third kappa shape index (κ3) is 4.88. The first kappa shape index (κ1) is 25.1. The number of hydrogen-bond donors (Lipinski definition) is 1. The lowest BCUT2D eigenvalue weighted by Crippen LogP contribution is -2.39. The molecule has 2 heterocycles. The van der Waals surface area contributed by atoms with Crippen LogP contribution in [0.2, 0.25) is 0 Å². The van der Waals surface area contributed by atoms with Crippen LogP contribution >= 0.6 is 0 Å². The number of aliphatic imine (C=N–C) groups is 1. The molecule has 7 nitrogen and oxygen atoms in total. The van der Waals surface area contributed by atoms with E-state index in [9.17, 15) is 9.90 Å². The van der Waals surface area contributed by atoms with Gasteiger partial charge in [0.15, 0.2) is 0 Å². The molecule has 186 valence electrons. The number of aromatic nitrogens is 1. The van der Waals surface area contributed by atoms with Crippen molar-refractivity contribution in [3.8, 4) is 17.0 Å². The first-order valence-electron chi connectivity index (χ1n) is 12.3. The molecule has 1 aromatic heterocycles. The summed E-state index contributed by atoms with van der Waals surface area (Å²) in [5.41, 5.74) is 4.96. The molecule has 35 heavy (non-hydrogen) atoms. The number of carbonyl (C=O) groups excluding carboxylic acids is 1. The van der Waals surface area contributed by atoms with Gasteiger partial charge in [0, 0.05) is 42.7 Å². The van der Waals surface area contributed by atoms with Crippen LogP contribution in [0.3, 0.4) is 0 Å². The predicted octanol–water partition coefficient (Wildman–Crippen LogP) is 4.54. The highest BCUT2D eigenvalue weighted by molar-refractivity contribution is 6.05. The van der Waals surface area contributed by atoms with E-state index in [4.69, 9.17) is 4.74 Å². The topological polar surface area (TPSA) is 78.3 Å². The number of hydrogen-bond acceptors (Lipinski definition) is 6. The van der Waals surface area contributed by atoms with Gasteiger partial charge in [0.25, 0.3) is 0 Å². The molecule has 1 aliphatic carbocycles. The molecule has 1 aromatic carbocycles. The van der Waals surface area contributed by atoms with E-state index in [0.29, 0.717) is 38.2 Å². The van der Waals surface area contributed by atoms with Gasteiger partial charge in [0.05, 0.1) is 23.8 Å². The molecular formula is C28H36N4O3. The standard InChI is InChI=1S/C28H36N4O3/c1-19-26(28(27(34)32(19)5)13-11-22(33)12-14-28)23-17-20(7-9-24(23)29-2)21-8-10-25(30-18-21)35-16-6-15-31(3)4/h7-10,17-18,22,33H,2,6,11-16H2,1,3-5H3. The third-order valence-electron chi connectivity index (χ3n) is 7.37. The van der Waals surface area contributed by atoms with E-state index in [-0.39, 0.29) is 12.0 Å². The molecule has 4 rings (SSSR count). The van der Waals surface area contributed by atoms with Crippen LogP contribution in [0.25, 0.3) is 16.7 Å². The molecule has 0 unspecified atom stereocenters. The zero-order valence-corrected chi connectivity index (χ0v) is 21.3. The van der Waals surface area contributed by atoms with Crippen molar-refractivity contribution in [3.05, 3.63) is 47.8 Å². The number of aliphatic hydroxyl groups excluding tert-OH is 1. The Labute approximate surface area is 208 Å². The van der Waals surface area contributed by atoms with E-state index >= 15 is 0 Å². The van der Waals surface area contributed by atoms with Gasteiger partial charge in [-0.05, 0) is 89.2 Å². The highest BCUT2D eigenvalue weighted by Crippen LogP contribution is 2.55. The highest BCUT2D eigenvalue weighted by atomic mass is 16.5. The molecule has 0 atom stereocenters. The summed E-state index contributed by atoms with van der Waals surface area (Å²) in [5, 5.41) is 10.1. The average Bonchev–Trinajstić information content (AvgIpc) is 3.04. The van der Waals surface area contributed by atoms with E-state index in [0.717, 1.165) is 46.6 Å².